The Hall–Kier alpha value is -1.59. The average Bonchev–Trinajstić information content (AvgIpc) is 3.35. The van der Waals surface area contributed by atoms with Crippen molar-refractivity contribution in [2.24, 2.45) is 17.8 Å². The number of carbonyl (C=O) groups is 1. The lowest BCUT2D eigenvalue weighted by Gasteiger charge is -2.33. The molecule has 3 aliphatic carbocycles. The molecule has 0 radical (unpaired) electrons. The summed E-state index contributed by atoms with van der Waals surface area (Å²) in [6, 6.07) is 11.6. The molecule has 4 bridgehead atoms. The quantitative estimate of drug-likeness (QED) is 0.764. The molecule has 1 aromatic rings. The fourth-order valence-corrected chi connectivity index (χ4v) is 6.42. The zero-order valence-corrected chi connectivity index (χ0v) is 16.1. The largest absolute Gasteiger partial charge is 0.390 e. The molecule has 4 aliphatic rings. The minimum absolute atomic E-state index is 0.00402. The van der Waals surface area contributed by atoms with Crippen LogP contribution in [0.5, 0.6) is 0 Å². The van der Waals surface area contributed by atoms with Crippen molar-refractivity contribution in [2.75, 3.05) is 6.54 Å². The summed E-state index contributed by atoms with van der Waals surface area (Å²) in [6.07, 6.45) is 5.19. The second-order valence-corrected chi connectivity index (χ2v) is 9.56. The molecule has 5 rings (SSSR count). The highest BCUT2D eigenvalue weighted by Crippen LogP contribution is 2.50. The second kappa shape index (κ2) is 6.49. The van der Waals surface area contributed by atoms with Gasteiger partial charge in [-0.3, -0.25) is 4.90 Å². The Labute approximate surface area is 161 Å². The summed E-state index contributed by atoms with van der Waals surface area (Å²) in [6.45, 7) is 4.01. The van der Waals surface area contributed by atoms with Gasteiger partial charge < -0.3 is 15.7 Å². The van der Waals surface area contributed by atoms with Gasteiger partial charge in [-0.25, -0.2) is 4.79 Å². The van der Waals surface area contributed by atoms with E-state index in [0.717, 1.165) is 32.4 Å². The van der Waals surface area contributed by atoms with E-state index in [1.807, 2.05) is 6.92 Å². The van der Waals surface area contributed by atoms with E-state index in [4.69, 9.17) is 0 Å². The van der Waals surface area contributed by atoms with E-state index in [-0.39, 0.29) is 18.1 Å². The van der Waals surface area contributed by atoms with Gasteiger partial charge in [0.15, 0.2) is 0 Å². The maximum Gasteiger partial charge on any atom is 0.315 e. The fraction of sp³-hybridized carbons (Fsp3) is 0.682. The van der Waals surface area contributed by atoms with Crippen LogP contribution in [0.1, 0.15) is 44.6 Å². The summed E-state index contributed by atoms with van der Waals surface area (Å²) in [4.78, 5) is 15.2. The SMILES string of the molecule is C[C@@]1(O)C[C@@H]2C[C@H]1C[C@@H]2NC(=O)N[C@@H]1[C@@H]2CC[C@H]1N(Cc1ccccc1)C2. The Morgan fingerprint density at radius 2 is 2.00 bits per heavy atom. The van der Waals surface area contributed by atoms with Crippen LogP contribution in [-0.2, 0) is 6.54 Å². The predicted molar refractivity (Wildman–Crippen MR) is 104 cm³/mol. The van der Waals surface area contributed by atoms with Crippen LogP contribution in [-0.4, -0.2) is 46.3 Å². The van der Waals surface area contributed by atoms with Crippen molar-refractivity contribution >= 4 is 6.03 Å². The third kappa shape index (κ3) is 3.15. The monoisotopic (exact) mass is 369 g/mol. The number of rotatable bonds is 4. The van der Waals surface area contributed by atoms with Gasteiger partial charge in [0.1, 0.15) is 0 Å². The number of urea groups is 1. The molecule has 2 amide bonds. The van der Waals surface area contributed by atoms with Crippen LogP contribution in [0.3, 0.4) is 0 Å². The zero-order valence-electron chi connectivity index (χ0n) is 16.1. The van der Waals surface area contributed by atoms with Gasteiger partial charge in [-0.15, -0.1) is 0 Å². The maximum absolute atomic E-state index is 12.7. The van der Waals surface area contributed by atoms with Crippen molar-refractivity contribution < 1.29 is 9.90 Å². The number of likely N-dealkylation sites (tertiary alicyclic amines) is 1. The molecular weight excluding hydrogens is 338 g/mol. The molecular formula is C22H31N3O2. The molecule has 27 heavy (non-hydrogen) atoms. The van der Waals surface area contributed by atoms with Gasteiger partial charge in [0.2, 0.25) is 0 Å². The summed E-state index contributed by atoms with van der Waals surface area (Å²) in [5, 5.41) is 16.9. The van der Waals surface area contributed by atoms with Crippen molar-refractivity contribution in [3.05, 3.63) is 35.9 Å². The predicted octanol–water partition coefficient (Wildman–Crippen LogP) is 2.50. The van der Waals surface area contributed by atoms with Crippen LogP contribution >= 0.6 is 0 Å². The molecule has 0 unspecified atom stereocenters. The number of nitrogens with one attached hydrogen (secondary N) is 2. The van der Waals surface area contributed by atoms with Crippen LogP contribution in [0, 0.1) is 17.8 Å². The summed E-state index contributed by atoms with van der Waals surface area (Å²) < 4.78 is 0. The molecule has 1 saturated heterocycles. The molecule has 4 fully saturated rings. The first-order valence-corrected chi connectivity index (χ1v) is 10.6. The van der Waals surface area contributed by atoms with E-state index in [9.17, 15) is 9.90 Å². The van der Waals surface area contributed by atoms with Crippen LogP contribution in [0.25, 0.3) is 0 Å². The van der Waals surface area contributed by atoms with Gasteiger partial charge in [0.05, 0.1) is 11.6 Å². The molecule has 7 atom stereocenters. The average molecular weight is 370 g/mol. The lowest BCUT2D eigenvalue weighted by Crippen LogP contribution is -2.52. The van der Waals surface area contributed by atoms with Crippen LogP contribution < -0.4 is 10.6 Å². The lowest BCUT2D eigenvalue weighted by atomic mass is 9.83. The molecule has 1 aromatic carbocycles. The van der Waals surface area contributed by atoms with Crippen molar-refractivity contribution in [2.45, 2.75) is 69.3 Å². The Balaban J connectivity index is 1.16. The van der Waals surface area contributed by atoms with E-state index in [1.54, 1.807) is 0 Å². The summed E-state index contributed by atoms with van der Waals surface area (Å²) >= 11 is 0. The fourth-order valence-electron chi connectivity index (χ4n) is 6.42. The Kier molecular flexibility index (Phi) is 4.21. The van der Waals surface area contributed by atoms with Gasteiger partial charge in [0.25, 0.3) is 0 Å². The smallest absolute Gasteiger partial charge is 0.315 e. The third-order valence-electron chi connectivity index (χ3n) is 7.79. The van der Waals surface area contributed by atoms with E-state index in [1.165, 1.54) is 18.4 Å². The molecule has 0 aromatic heterocycles. The molecule has 5 heteroatoms. The number of piperidine rings is 1. The highest BCUT2D eigenvalue weighted by Gasteiger charge is 2.52. The van der Waals surface area contributed by atoms with E-state index in [0.29, 0.717) is 23.8 Å². The van der Waals surface area contributed by atoms with Crippen LogP contribution in [0.4, 0.5) is 4.79 Å². The zero-order chi connectivity index (χ0) is 18.6. The first kappa shape index (κ1) is 17.5. The van der Waals surface area contributed by atoms with E-state index < -0.39 is 5.60 Å². The number of amides is 2. The number of carbonyl (C=O) groups excluding carboxylic acids is 1. The maximum atomic E-state index is 12.7. The normalized spacial score (nSPS) is 42.6. The third-order valence-corrected chi connectivity index (χ3v) is 7.79. The second-order valence-electron chi connectivity index (χ2n) is 9.56. The lowest BCUT2D eigenvalue weighted by molar-refractivity contribution is -0.000601. The Morgan fingerprint density at radius 3 is 2.70 bits per heavy atom. The van der Waals surface area contributed by atoms with Gasteiger partial charge >= 0.3 is 6.03 Å². The summed E-state index contributed by atoms with van der Waals surface area (Å²) in [7, 11) is 0. The van der Waals surface area contributed by atoms with Gasteiger partial charge in [0, 0.05) is 25.2 Å². The summed E-state index contributed by atoms with van der Waals surface area (Å²) in [5.74, 6) is 1.35. The minimum atomic E-state index is -0.526. The topological polar surface area (TPSA) is 64.6 Å². The minimum Gasteiger partial charge on any atom is -0.390 e. The van der Waals surface area contributed by atoms with E-state index in [2.05, 4.69) is 45.9 Å². The molecule has 1 heterocycles. The van der Waals surface area contributed by atoms with Gasteiger partial charge in [-0.1, -0.05) is 30.3 Å². The Morgan fingerprint density at radius 1 is 1.19 bits per heavy atom. The number of hydrogen-bond acceptors (Lipinski definition) is 3. The number of nitrogens with zero attached hydrogens (tertiary/aromatic N) is 1. The first-order valence-electron chi connectivity index (χ1n) is 10.6. The number of hydrogen-bond donors (Lipinski definition) is 3. The van der Waals surface area contributed by atoms with Crippen molar-refractivity contribution in [1.29, 1.82) is 0 Å². The standard InChI is InChI=1S/C22H31N3O2/c1-22(27)11-16-9-17(22)10-18(16)23-21(26)24-20-15-7-8-19(20)25(13-15)12-14-5-3-2-4-6-14/h2-6,15-20,27H,7-13H2,1H3,(H2,23,24,26)/t15-,16+,17+,18+,19-,20-,22-/m1/s1. The number of fused-ring (bicyclic) bond motifs is 4. The molecule has 5 nitrogen and oxygen atoms in total. The van der Waals surface area contributed by atoms with Crippen LogP contribution in [0.15, 0.2) is 30.3 Å². The van der Waals surface area contributed by atoms with Crippen molar-refractivity contribution in [3.63, 3.8) is 0 Å². The van der Waals surface area contributed by atoms with Crippen molar-refractivity contribution in [3.8, 4) is 0 Å². The van der Waals surface area contributed by atoms with Crippen molar-refractivity contribution in [1.82, 2.24) is 15.5 Å². The highest BCUT2D eigenvalue weighted by molar-refractivity contribution is 5.75. The summed E-state index contributed by atoms with van der Waals surface area (Å²) in [5.41, 5.74) is 0.823. The van der Waals surface area contributed by atoms with Gasteiger partial charge in [-0.05, 0) is 62.3 Å². The molecule has 3 N–H and O–H groups in total. The highest BCUT2D eigenvalue weighted by atomic mass is 16.3. The van der Waals surface area contributed by atoms with Crippen LogP contribution in [0.2, 0.25) is 0 Å². The molecule has 1 aliphatic heterocycles. The Bertz CT molecular complexity index is 707. The molecule has 3 saturated carbocycles. The van der Waals surface area contributed by atoms with E-state index >= 15 is 0 Å². The number of aliphatic hydroxyl groups is 1. The molecule has 146 valence electrons. The number of benzene rings is 1. The van der Waals surface area contributed by atoms with Gasteiger partial charge in [-0.2, -0.15) is 0 Å². The molecule has 0 spiro atoms. The first-order chi connectivity index (χ1) is 13.0.